The molecule has 0 atom stereocenters. The van der Waals surface area contributed by atoms with Crippen molar-refractivity contribution in [2.24, 2.45) is 0 Å². The zero-order valence-corrected chi connectivity index (χ0v) is 17.7. The third kappa shape index (κ3) is 4.75. The maximum atomic E-state index is 11.1. The molecule has 33 heavy (non-hydrogen) atoms. The third-order valence-corrected chi connectivity index (χ3v) is 5.06. The number of pyridine rings is 1. The van der Waals surface area contributed by atoms with Crippen molar-refractivity contribution in [1.29, 1.82) is 0 Å². The van der Waals surface area contributed by atoms with Crippen LogP contribution in [0.4, 0.5) is 0 Å². The fourth-order valence-corrected chi connectivity index (χ4v) is 3.37. The molecule has 6 heteroatoms. The number of hydrogen-bond acceptors (Lipinski definition) is 6. The van der Waals surface area contributed by atoms with Crippen LogP contribution in [-0.2, 0) is 13.2 Å². The number of nitrogens with zero attached hydrogens (tertiary/aromatic N) is 2. The molecule has 0 spiro atoms. The summed E-state index contributed by atoms with van der Waals surface area (Å²) in [7, 11) is 0. The molecule has 0 aliphatic heterocycles. The second kappa shape index (κ2) is 9.36. The number of hydrogen-bond donors (Lipinski definition) is 0. The van der Waals surface area contributed by atoms with Crippen LogP contribution in [0, 0.1) is 0 Å². The van der Waals surface area contributed by atoms with Gasteiger partial charge in [-0.3, -0.25) is 4.79 Å². The molecule has 0 unspecified atom stereocenters. The van der Waals surface area contributed by atoms with Crippen LogP contribution in [0.1, 0.15) is 21.5 Å². The van der Waals surface area contributed by atoms with Crippen LogP contribution >= 0.6 is 0 Å². The van der Waals surface area contributed by atoms with Gasteiger partial charge in [0, 0.05) is 11.6 Å². The van der Waals surface area contributed by atoms with E-state index in [1.165, 1.54) is 0 Å². The number of aldehydes is 1. The predicted octanol–water partition coefficient (Wildman–Crippen LogP) is 5.86. The molecule has 0 amide bonds. The van der Waals surface area contributed by atoms with E-state index in [0.29, 0.717) is 53.1 Å². The van der Waals surface area contributed by atoms with Gasteiger partial charge >= 0.3 is 0 Å². The zero-order valence-electron chi connectivity index (χ0n) is 17.7. The first-order valence-electron chi connectivity index (χ1n) is 10.5. The second-order valence-electron chi connectivity index (χ2n) is 7.41. The minimum Gasteiger partial charge on any atom is -0.473 e. The molecule has 6 nitrogen and oxygen atoms in total. The summed E-state index contributed by atoms with van der Waals surface area (Å²) in [5, 5.41) is 0. The maximum Gasteiger partial charge on any atom is 0.232 e. The summed E-state index contributed by atoms with van der Waals surface area (Å²) in [4.78, 5) is 20.2. The lowest BCUT2D eigenvalue weighted by atomic mass is 10.2. The van der Waals surface area contributed by atoms with E-state index in [-0.39, 0.29) is 0 Å². The first kappa shape index (κ1) is 20.5. The smallest absolute Gasteiger partial charge is 0.232 e. The Kier molecular flexibility index (Phi) is 5.80. The molecule has 0 saturated carbocycles. The molecule has 0 saturated heterocycles. The van der Waals surface area contributed by atoms with Crippen molar-refractivity contribution < 1.29 is 18.7 Å². The highest BCUT2D eigenvalue weighted by Crippen LogP contribution is 2.33. The summed E-state index contributed by atoms with van der Waals surface area (Å²) in [5.74, 6) is 1.15. The van der Waals surface area contributed by atoms with Gasteiger partial charge in [-0.05, 0) is 35.4 Å². The topological polar surface area (TPSA) is 74.5 Å². The van der Waals surface area contributed by atoms with Crippen LogP contribution in [0.3, 0.4) is 0 Å². The summed E-state index contributed by atoms with van der Waals surface area (Å²) in [6.07, 6.45) is 0.780. The van der Waals surface area contributed by atoms with Crippen molar-refractivity contribution in [1.82, 2.24) is 9.97 Å². The molecule has 3 aromatic carbocycles. The number of carbonyl (C=O) groups excluding carboxylic acids is 1. The van der Waals surface area contributed by atoms with E-state index in [9.17, 15) is 4.79 Å². The van der Waals surface area contributed by atoms with Gasteiger partial charge in [0.2, 0.25) is 17.7 Å². The average Bonchev–Trinajstić information content (AvgIpc) is 3.30. The van der Waals surface area contributed by atoms with E-state index in [1.807, 2.05) is 66.7 Å². The van der Waals surface area contributed by atoms with Gasteiger partial charge in [0.05, 0.1) is 5.56 Å². The summed E-state index contributed by atoms with van der Waals surface area (Å²) >= 11 is 0. The van der Waals surface area contributed by atoms with Gasteiger partial charge in [-0.25, -0.2) is 4.98 Å². The molecule has 162 valence electrons. The number of aromatic nitrogens is 2. The van der Waals surface area contributed by atoms with E-state index < -0.39 is 0 Å². The molecule has 5 rings (SSSR count). The van der Waals surface area contributed by atoms with Crippen molar-refractivity contribution in [3.63, 3.8) is 0 Å². The fraction of sp³-hybridized carbons (Fsp3) is 0.0741. The van der Waals surface area contributed by atoms with Crippen molar-refractivity contribution in [2.45, 2.75) is 13.2 Å². The van der Waals surface area contributed by atoms with Gasteiger partial charge in [-0.2, -0.15) is 4.98 Å². The summed E-state index contributed by atoms with van der Waals surface area (Å²) < 4.78 is 17.9. The van der Waals surface area contributed by atoms with Crippen LogP contribution in [0.25, 0.3) is 22.6 Å². The summed E-state index contributed by atoms with van der Waals surface area (Å²) in [5.41, 5.74) is 4.35. The number of fused-ring (bicyclic) bond motifs is 1. The molecule has 2 aromatic heterocycles. The largest absolute Gasteiger partial charge is 0.473 e. The lowest BCUT2D eigenvalue weighted by Crippen LogP contribution is -2.02. The molecule has 5 aromatic rings. The standard InChI is InChI=1S/C27H20N2O4/c30-16-21-11-13-24-23(15-21)28-27(33-24)22-12-14-25(31-17-19-7-3-1-4-8-19)29-26(22)32-18-20-9-5-2-6-10-20/h1-16H,17-18H2. The van der Waals surface area contributed by atoms with Crippen molar-refractivity contribution in [3.8, 4) is 23.2 Å². The Balaban J connectivity index is 1.46. The maximum absolute atomic E-state index is 11.1. The van der Waals surface area contributed by atoms with Gasteiger partial charge in [0.25, 0.3) is 0 Å². The highest BCUT2D eigenvalue weighted by Gasteiger charge is 2.17. The van der Waals surface area contributed by atoms with Gasteiger partial charge in [0.15, 0.2) is 5.58 Å². The molecule has 0 aliphatic rings. The Bertz CT molecular complexity index is 1380. The van der Waals surface area contributed by atoms with Gasteiger partial charge in [-0.15, -0.1) is 0 Å². The minimum absolute atomic E-state index is 0.332. The molecule has 0 N–H and O–H groups in total. The van der Waals surface area contributed by atoms with Crippen molar-refractivity contribution in [2.75, 3.05) is 0 Å². The van der Waals surface area contributed by atoms with Crippen LogP contribution in [0.15, 0.2) is 95.4 Å². The quantitative estimate of drug-likeness (QED) is 0.284. The summed E-state index contributed by atoms with van der Waals surface area (Å²) in [6.45, 7) is 0.723. The van der Waals surface area contributed by atoms with Crippen LogP contribution < -0.4 is 9.47 Å². The molecule has 0 radical (unpaired) electrons. The molecular formula is C27H20N2O4. The van der Waals surface area contributed by atoms with E-state index in [1.54, 1.807) is 24.3 Å². The van der Waals surface area contributed by atoms with E-state index in [0.717, 1.165) is 17.4 Å². The number of benzene rings is 3. The van der Waals surface area contributed by atoms with Gasteiger partial charge < -0.3 is 13.9 Å². The Morgan fingerprint density at radius 2 is 1.45 bits per heavy atom. The Hall–Kier alpha value is -4.45. The van der Waals surface area contributed by atoms with Crippen molar-refractivity contribution in [3.05, 3.63) is 108 Å². The minimum atomic E-state index is 0.332. The Morgan fingerprint density at radius 1 is 0.758 bits per heavy atom. The molecule has 0 fully saturated rings. The number of rotatable bonds is 8. The third-order valence-electron chi connectivity index (χ3n) is 5.06. The Labute approximate surface area is 190 Å². The van der Waals surface area contributed by atoms with Crippen LogP contribution in [-0.4, -0.2) is 16.3 Å². The average molecular weight is 436 g/mol. The number of oxazole rings is 1. The second-order valence-corrected chi connectivity index (χ2v) is 7.41. The van der Waals surface area contributed by atoms with Crippen LogP contribution in [0.5, 0.6) is 11.8 Å². The highest BCUT2D eigenvalue weighted by atomic mass is 16.5. The van der Waals surface area contributed by atoms with Crippen LogP contribution in [0.2, 0.25) is 0 Å². The number of ether oxygens (including phenoxy) is 2. The molecule has 2 heterocycles. The van der Waals surface area contributed by atoms with E-state index in [4.69, 9.17) is 13.9 Å². The number of carbonyl (C=O) groups is 1. The molecule has 0 bridgehead atoms. The normalized spacial score (nSPS) is 10.8. The Morgan fingerprint density at radius 3 is 2.15 bits per heavy atom. The lowest BCUT2D eigenvalue weighted by molar-refractivity contribution is 0.112. The SMILES string of the molecule is O=Cc1ccc2oc(-c3ccc(OCc4ccccc4)nc3OCc3ccccc3)nc2c1. The van der Waals surface area contributed by atoms with Crippen molar-refractivity contribution >= 4 is 17.4 Å². The first-order valence-corrected chi connectivity index (χ1v) is 10.5. The zero-order chi connectivity index (χ0) is 22.5. The lowest BCUT2D eigenvalue weighted by Gasteiger charge is -2.11. The van der Waals surface area contributed by atoms with Gasteiger partial charge in [-0.1, -0.05) is 60.7 Å². The summed E-state index contributed by atoms with van der Waals surface area (Å²) in [6, 6.07) is 28.4. The van der Waals surface area contributed by atoms with E-state index >= 15 is 0 Å². The predicted molar refractivity (Wildman–Crippen MR) is 124 cm³/mol. The van der Waals surface area contributed by atoms with Gasteiger partial charge in [0.1, 0.15) is 25.0 Å². The van der Waals surface area contributed by atoms with E-state index in [2.05, 4.69) is 9.97 Å². The molecule has 0 aliphatic carbocycles. The highest BCUT2D eigenvalue weighted by molar-refractivity contribution is 5.85. The molecular weight excluding hydrogens is 416 g/mol. The first-order chi connectivity index (χ1) is 16.3. The fourth-order valence-electron chi connectivity index (χ4n) is 3.37. The monoisotopic (exact) mass is 436 g/mol.